The number of amides is 1. The first-order valence-corrected chi connectivity index (χ1v) is 8.96. The molecule has 0 fully saturated rings. The summed E-state index contributed by atoms with van der Waals surface area (Å²) >= 11 is 6.17. The summed E-state index contributed by atoms with van der Waals surface area (Å²) in [6.07, 6.45) is -4.87. The van der Waals surface area contributed by atoms with Crippen molar-refractivity contribution in [3.63, 3.8) is 0 Å². The Kier molecular flexibility index (Phi) is 5.72. The molecule has 14 heteroatoms. The van der Waals surface area contributed by atoms with Crippen molar-refractivity contribution < 1.29 is 18.0 Å². The summed E-state index contributed by atoms with van der Waals surface area (Å²) in [6, 6.07) is 4.23. The van der Waals surface area contributed by atoms with Gasteiger partial charge in [0.05, 0.1) is 10.7 Å². The van der Waals surface area contributed by atoms with Crippen LogP contribution in [0.3, 0.4) is 0 Å². The van der Waals surface area contributed by atoms with Crippen molar-refractivity contribution >= 4 is 17.5 Å². The minimum Gasteiger partial charge on any atom is -0.347 e. The Hall–Kier alpha value is -3.48. The fourth-order valence-electron chi connectivity index (χ4n) is 2.64. The van der Waals surface area contributed by atoms with Crippen LogP contribution in [0.1, 0.15) is 5.69 Å². The predicted molar refractivity (Wildman–Crippen MR) is 103 cm³/mol. The lowest BCUT2D eigenvalue weighted by atomic mass is 10.2. The SMILES string of the molecule is CN(C)C(=O)Cn1nnc(-c2cc(-n3c(=O)cc(C(F)(F)F)n(C)c3=O)ccc2Cl)n1. The Morgan fingerprint density at radius 3 is 2.48 bits per heavy atom. The zero-order valence-electron chi connectivity index (χ0n) is 16.4. The maximum atomic E-state index is 13.0. The number of likely N-dealkylation sites (N-methyl/N-ethyl adjacent to an activating group) is 1. The molecule has 0 bridgehead atoms. The van der Waals surface area contributed by atoms with Gasteiger partial charge in [-0.15, -0.1) is 10.2 Å². The fraction of sp³-hybridized carbons (Fsp3) is 0.294. The lowest BCUT2D eigenvalue weighted by Gasteiger charge is -2.14. The summed E-state index contributed by atoms with van der Waals surface area (Å²) in [6.45, 7) is -0.184. The van der Waals surface area contributed by atoms with E-state index in [2.05, 4.69) is 15.4 Å². The maximum Gasteiger partial charge on any atom is 0.431 e. The summed E-state index contributed by atoms with van der Waals surface area (Å²) in [5.41, 5.74) is -3.61. The van der Waals surface area contributed by atoms with Crippen molar-refractivity contribution in [3.05, 3.63) is 55.8 Å². The van der Waals surface area contributed by atoms with Crippen molar-refractivity contribution in [2.75, 3.05) is 14.1 Å². The van der Waals surface area contributed by atoms with Crippen LogP contribution in [0.4, 0.5) is 13.2 Å². The highest BCUT2D eigenvalue weighted by atomic mass is 35.5. The van der Waals surface area contributed by atoms with E-state index in [9.17, 15) is 27.6 Å². The average Bonchev–Trinajstić information content (AvgIpc) is 3.13. The lowest BCUT2D eigenvalue weighted by molar-refractivity contribution is -0.144. The average molecular weight is 458 g/mol. The van der Waals surface area contributed by atoms with E-state index < -0.39 is 23.1 Å². The molecule has 1 amide bonds. The maximum absolute atomic E-state index is 13.0. The molecule has 2 aromatic heterocycles. The van der Waals surface area contributed by atoms with E-state index in [1.54, 1.807) is 14.1 Å². The Labute approximate surface area is 177 Å². The van der Waals surface area contributed by atoms with E-state index in [0.29, 0.717) is 15.2 Å². The van der Waals surface area contributed by atoms with E-state index in [-0.39, 0.29) is 34.5 Å². The zero-order valence-corrected chi connectivity index (χ0v) is 17.1. The summed E-state index contributed by atoms with van der Waals surface area (Å²) in [5, 5.41) is 11.8. The third kappa shape index (κ3) is 4.35. The van der Waals surface area contributed by atoms with E-state index in [1.807, 2.05) is 0 Å². The van der Waals surface area contributed by atoms with Crippen molar-refractivity contribution in [1.82, 2.24) is 34.2 Å². The monoisotopic (exact) mass is 457 g/mol. The highest BCUT2D eigenvalue weighted by molar-refractivity contribution is 6.33. The number of tetrazole rings is 1. The van der Waals surface area contributed by atoms with Gasteiger partial charge in [-0.1, -0.05) is 11.6 Å². The van der Waals surface area contributed by atoms with Gasteiger partial charge < -0.3 is 4.90 Å². The number of alkyl halides is 3. The van der Waals surface area contributed by atoms with Gasteiger partial charge >= 0.3 is 11.9 Å². The molecule has 0 unspecified atom stereocenters. The molecule has 0 spiro atoms. The van der Waals surface area contributed by atoms with Crippen molar-refractivity contribution in [2.24, 2.45) is 7.05 Å². The number of benzene rings is 1. The number of aromatic nitrogens is 6. The van der Waals surface area contributed by atoms with Gasteiger partial charge in [0, 0.05) is 32.8 Å². The summed E-state index contributed by atoms with van der Waals surface area (Å²) in [4.78, 5) is 38.9. The van der Waals surface area contributed by atoms with Gasteiger partial charge in [0.2, 0.25) is 11.7 Å². The van der Waals surface area contributed by atoms with E-state index in [4.69, 9.17) is 11.6 Å². The fourth-order valence-corrected chi connectivity index (χ4v) is 2.84. The molecule has 164 valence electrons. The standard InChI is InChI=1S/C17H15ClF3N7O3/c1-25(2)14(30)8-27-23-15(22-24-27)10-6-9(4-5-11(10)18)28-13(29)7-12(17(19,20)21)26(3)16(28)31/h4-7H,8H2,1-3H3. The molecule has 0 N–H and O–H groups in total. The molecule has 0 aliphatic heterocycles. The van der Waals surface area contributed by atoms with Gasteiger partial charge in [-0.25, -0.2) is 9.36 Å². The minimum absolute atomic E-state index is 0.00445. The number of hydrogen-bond acceptors (Lipinski definition) is 6. The Morgan fingerprint density at radius 2 is 1.87 bits per heavy atom. The smallest absolute Gasteiger partial charge is 0.347 e. The van der Waals surface area contributed by atoms with Gasteiger partial charge in [0.25, 0.3) is 5.56 Å². The Morgan fingerprint density at radius 1 is 1.19 bits per heavy atom. The van der Waals surface area contributed by atoms with E-state index in [0.717, 1.165) is 11.8 Å². The third-order valence-electron chi connectivity index (χ3n) is 4.29. The van der Waals surface area contributed by atoms with Crippen LogP contribution in [-0.2, 0) is 24.6 Å². The van der Waals surface area contributed by atoms with Crippen LogP contribution in [0.25, 0.3) is 17.1 Å². The number of halogens is 4. The van der Waals surface area contributed by atoms with Crippen LogP contribution in [0.15, 0.2) is 33.9 Å². The Balaban J connectivity index is 2.08. The summed E-state index contributed by atoms with van der Waals surface area (Å²) < 4.78 is 40.0. The number of carbonyl (C=O) groups is 1. The second-order valence-corrected chi connectivity index (χ2v) is 7.05. The van der Waals surface area contributed by atoms with Crippen molar-refractivity contribution in [2.45, 2.75) is 12.7 Å². The second-order valence-electron chi connectivity index (χ2n) is 6.64. The molecule has 0 aliphatic carbocycles. The van der Waals surface area contributed by atoms with Crippen LogP contribution >= 0.6 is 11.6 Å². The number of carbonyl (C=O) groups excluding carboxylic acids is 1. The molecular formula is C17H15ClF3N7O3. The lowest BCUT2D eigenvalue weighted by Crippen LogP contribution is -2.40. The van der Waals surface area contributed by atoms with Gasteiger partial charge in [0.1, 0.15) is 12.2 Å². The molecule has 0 saturated carbocycles. The highest BCUT2D eigenvalue weighted by Gasteiger charge is 2.35. The molecule has 1 aromatic carbocycles. The molecule has 3 aromatic rings. The van der Waals surface area contributed by atoms with E-state index >= 15 is 0 Å². The summed E-state index contributed by atoms with van der Waals surface area (Å²) in [5.74, 6) is -0.293. The predicted octanol–water partition coefficient (Wildman–Crippen LogP) is 0.950. The number of hydrogen-bond donors (Lipinski definition) is 0. The number of nitrogens with zero attached hydrogens (tertiary/aromatic N) is 7. The largest absolute Gasteiger partial charge is 0.431 e. The van der Waals surface area contributed by atoms with Crippen molar-refractivity contribution in [1.29, 1.82) is 0 Å². The molecule has 0 radical (unpaired) electrons. The first-order chi connectivity index (χ1) is 14.4. The van der Waals surface area contributed by atoms with Gasteiger partial charge in [0.15, 0.2) is 0 Å². The normalized spacial score (nSPS) is 11.6. The molecule has 10 nitrogen and oxygen atoms in total. The van der Waals surface area contributed by atoms with Crippen LogP contribution < -0.4 is 11.2 Å². The molecule has 0 atom stereocenters. The van der Waals surface area contributed by atoms with Crippen LogP contribution in [0.5, 0.6) is 0 Å². The second kappa shape index (κ2) is 7.98. The quantitative estimate of drug-likeness (QED) is 0.577. The third-order valence-corrected chi connectivity index (χ3v) is 4.62. The highest BCUT2D eigenvalue weighted by Crippen LogP contribution is 2.28. The van der Waals surface area contributed by atoms with Gasteiger partial charge in [-0.3, -0.25) is 14.2 Å². The molecule has 0 saturated heterocycles. The van der Waals surface area contributed by atoms with Crippen molar-refractivity contribution in [3.8, 4) is 17.1 Å². The first-order valence-electron chi connectivity index (χ1n) is 8.58. The Bertz CT molecular complexity index is 1280. The van der Waals surface area contributed by atoms with Crippen LogP contribution in [0.2, 0.25) is 5.02 Å². The molecule has 0 aliphatic rings. The number of rotatable bonds is 4. The van der Waals surface area contributed by atoms with Gasteiger partial charge in [-0.05, 0) is 23.4 Å². The molecule has 31 heavy (non-hydrogen) atoms. The zero-order chi connectivity index (χ0) is 23.1. The first kappa shape index (κ1) is 22.2. The minimum atomic E-state index is -4.87. The topological polar surface area (TPSA) is 108 Å². The molecular weight excluding hydrogens is 443 g/mol. The van der Waals surface area contributed by atoms with Gasteiger partial charge in [-0.2, -0.15) is 18.0 Å². The van der Waals surface area contributed by atoms with Crippen LogP contribution in [0, 0.1) is 0 Å². The molecule has 3 rings (SSSR count). The van der Waals surface area contributed by atoms with Crippen LogP contribution in [-0.4, -0.2) is 54.2 Å². The van der Waals surface area contributed by atoms with E-state index in [1.165, 1.54) is 23.1 Å². The molecule has 2 heterocycles. The summed E-state index contributed by atoms with van der Waals surface area (Å²) in [7, 11) is 4.03.